The number of urea groups is 1. The third kappa shape index (κ3) is 4.76. The molecule has 0 radical (unpaired) electrons. The number of anilines is 1. The van der Waals surface area contributed by atoms with Crippen LogP contribution in [0.4, 0.5) is 10.5 Å². The van der Waals surface area contributed by atoms with E-state index in [0.29, 0.717) is 18.0 Å². The average Bonchev–Trinajstić information content (AvgIpc) is 2.28. The van der Waals surface area contributed by atoms with Gasteiger partial charge in [0, 0.05) is 6.54 Å². The van der Waals surface area contributed by atoms with Gasteiger partial charge in [-0.25, -0.2) is 4.79 Å². The van der Waals surface area contributed by atoms with E-state index in [-0.39, 0.29) is 12.1 Å². The second kappa shape index (κ2) is 6.78. The summed E-state index contributed by atoms with van der Waals surface area (Å²) < 4.78 is 5.61. The fraction of sp³-hybridized carbons (Fsp3) is 0.462. The van der Waals surface area contributed by atoms with Crippen molar-refractivity contribution in [3.63, 3.8) is 0 Å². The van der Waals surface area contributed by atoms with E-state index in [4.69, 9.17) is 4.74 Å². The van der Waals surface area contributed by atoms with Crippen molar-refractivity contribution >= 4 is 11.7 Å². The van der Waals surface area contributed by atoms with Gasteiger partial charge >= 0.3 is 6.03 Å². The quantitative estimate of drug-likeness (QED) is 0.825. The standard InChI is InChI=1S/C13H20N2O2/c1-4-9-14-13(16)15-11-7-5-6-8-12(11)17-10(2)3/h5-8,10H,4,9H2,1-3H3,(H2,14,15,16). The van der Waals surface area contributed by atoms with Crippen LogP contribution in [0.25, 0.3) is 0 Å². The number of benzene rings is 1. The van der Waals surface area contributed by atoms with Crippen LogP contribution in [-0.4, -0.2) is 18.7 Å². The molecule has 1 aromatic rings. The van der Waals surface area contributed by atoms with Gasteiger partial charge in [0.05, 0.1) is 11.8 Å². The Morgan fingerprint density at radius 3 is 2.71 bits per heavy atom. The van der Waals surface area contributed by atoms with Crippen LogP contribution in [0.2, 0.25) is 0 Å². The van der Waals surface area contributed by atoms with E-state index in [2.05, 4.69) is 10.6 Å². The van der Waals surface area contributed by atoms with Crippen molar-refractivity contribution in [2.24, 2.45) is 0 Å². The molecule has 0 spiro atoms. The minimum absolute atomic E-state index is 0.0802. The third-order valence-electron chi connectivity index (χ3n) is 2.03. The first kappa shape index (κ1) is 13.4. The molecule has 0 atom stereocenters. The highest BCUT2D eigenvalue weighted by Crippen LogP contribution is 2.24. The predicted molar refractivity (Wildman–Crippen MR) is 69.5 cm³/mol. The summed E-state index contributed by atoms with van der Waals surface area (Å²) in [7, 11) is 0. The Morgan fingerprint density at radius 1 is 1.35 bits per heavy atom. The van der Waals surface area contributed by atoms with Crippen LogP contribution < -0.4 is 15.4 Å². The highest BCUT2D eigenvalue weighted by molar-refractivity contribution is 5.90. The van der Waals surface area contributed by atoms with Crippen LogP contribution in [0.1, 0.15) is 27.2 Å². The molecule has 0 bridgehead atoms. The van der Waals surface area contributed by atoms with Gasteiger partial charge < -0.3 is 15.4 Å². The van der Waals surface area contributed by atoms with Crippen LogP contribution in [-0.2, 0) is 0 Å². The van der Waals surface area contributed by atoms with Gasteiger partial charge in [0.15, 0.2) is 0 Å². The SMILES string of the molecule is CCCNC(=O)Nc1ccccc1OC(C)C. The summed E-state index contributed by atoms with van der Waals surface area (Å²) in [5.41, 5.74) is 0.690. The van der Waals surface area contributed by atoms with Gasteiger partial charge in [0.2, 0.25) is 0 Å². The maximum Gasteiger partial charge on any atom is 0.319 e. The Balaban J connectivity index is 2.66. The topological polar surface area (TPSA) is 50.4 Å². The van der Waals surface area contributed by atoms with Crippen LogP contribution in [0, 0.1) is 0 Å². The molecular weight excluding hydrogens is 216 g/mol. The van der Waals surface area contributed by atoms with Crippen LogP contribution >= 0.6 is 0 Å². The Bertz CT molecular complexity index is 364. The van der Waals surface area contributed by atoms with E-state index in [1.807, 2.05) is 45.0 Å². The van der Waals surface area contributed by atoms with Gasteiger partial charge in [-0.2, -0.15) is 0 Å². The third-order valence-corrected chi connectivity index (χ3v) is 2.03. The van der Waals surface area contributed by atoms with Gasteiger partial charge in [-0.05, 0) is 32.4 Å². The van der Waals surface area contributed by atoms with Crippen molar-refractivity contribution in [3.8, 4) is 5.75 Å². The molecule has 4 heteroatoms. The van der Waals surface area contributed by atoms with Crippen molar-refractivity contribution in [1.29, 1.82) is 0 Å². The fourth-order valence-electron chi connectivity index (χ4n) is 1.33. The van der Waals surface area contributed by atoms with Crippen molar-refractivity contribution in [2.45, 2.75) is 33.3 Å². The van der Waals surface area contributed by atoms with Gasteiger partial charge in [-0.3, -0.25) is 0 Å². The first-order valence-electron chi connectivity index (χ1n) is 5.94. The highest BCUT2D eigenvalue weighted by atomic mass is 16.5. The lowest BCUT2D eigenvalue weighted by Crippen LogP contribution is -2.29. The van der Waals surface area contributed by atoms with Gasteiger partial charge in [0.25, 0.3) is 0 Å². The molecule has 94 valence electrons. The molecule has 0 aromatic heterocycles. The van der Waals surface area contributed by atoms with Crippen molar-refractivity contribution in [2.75, 3.05) is 11.9 Å². The molecule has 1 aromatic carbocycles. The molecule has 2 N–H and O–H groups in total. The average molecular weight is 236 g/mol. The maximum atomic E-state index is 11.5. The lowest BCUT2D eigenvalue weighted by Gasteiger charge is -2.14. The highest BCUT2D eigenvalue weighted by Gasteiger charge is 2.07. The number of carbonyl (C=O) groups excluding carboxylic acids is 1. The molecule has 1 rings (SSSR count). The van der Waals surface area contributed by atoms with Crippen LogP contribution in [0.5, 0.6) is 5.75 Å². The summed E-state index contributed by atoms with van der Waals surface area (Å²) in [6, 6.07) is 7.21. The second-order valence-corrected chi connectivity index (χ2v) is 4.04. The van der Waals surface area contributed by atoms with E-state index < -0.39 is 0 Å². The second-order valence-electron chi connectivity index (χ2n) is 4.04. The molecule has 0 fully saturated rings. The number of hydrogen-bond acceptors (Lipinski definition) is 2. The van der Waals surface area contributed by atoms with Crippen molar-refractivity contribution in [1.82, 2.24) is 5.32 Å². The number of rotatable bonds is 5. The minimum atomic E-state index is -0.202. The Morgan fingerprint density at radius 2 is 2.06 bits per heavy atom. The molecule has 2 amide bonds. The summed E-state index contributed by atoms with van der Waals surface area (Å²) in [6.45, 7) is 6.58. The molecule has 17 heavy (non-hydrogen) atoms. The lowest BCUT2D eigenvalue weighted by molar-refractivity contribution is 0.241. The van der Waals surface area contributed by atoms with Crippen molar-refractivity contribution < 1.29 is 9.53 Å². The number of nitrogens with one attached hydrogen (secondary N) is 2. The lowest BCUT2D eigenvalue weighted by atomic mass is 10.3. The summed E-state index contributed by atoms with van der Waals surface area (Å²) in [5, 5.41) is 5.53. The van der Waals surface area contributed by atoms with Crippen LogP contribution in [0.15, 0.2) is 24.3 Å². The normalized spacial score (nSPS) is 10.1. The maximum absolute atomic E-state index is 11.5. The first-order valence-corrected chi connectivity index (χ1v) is 5.94. The first-order chi connectivity index (χ1) is 8.13. The Hall–Kier alpha value is -1.71. The molecule has 0 saturated heterocycles. The van der Waals surface area contributed by atoms with E-state index >= 15 is 0 Å². The Kier molecular flexibility index (Phi) is 5.33. The summed E-state index contributed by atoms with van der Waals surface area (Å²) >= 11 is 0. The largest absolute Gasteiger partial charge is 0.489 e. The minimum Gasteiger partial charge on any atom is -0.489 e. The van der Waals surface area contributed by atoms with Crippen LogP contribution in [0.3, 0.4) is 0 Å². The zero-order valence-electron chi connectivity index (χ0n) is 10.6. The number of carbonyl (C=O) groups is 1. The predicted octanol–water partition coefficient (Wildman–Crippen LogP) is 3.01. The van der Waals surface area contributed by atoms with E-state index in [9.17, 15) is 4.79 Å². The number of para-hydroxylation sites is 2. The summed E-state index contributed by atoms with van der Waals surface area (Å²) in [4.78, 5) is 11.5. The smallest absolute Gasteiger partial charge is 0.319 e. The molecular formula is C13H20N2O2. The summed E-state index contributed by atoms with van der Waals surface area (Å²) in [5.74, 6) is 0.689. The monoisotopic (exact) mass is 236 g/mol. The molecule has 0 aliphatic rings. The summed E-state index contributed by atoms with van der Waals surface area (Å²) in [6.07, 6.45) is 0.994. The van der Waals surface area contributed by atoms with E-state index in [1.54, 1.807) is 0 Å². The Labute approximate surface area is 102 Å². The molecule has 4 nitrogen and oxygen atoms in total. The van der Waals surface area contributed by atoms with Gasteiger partial charge in [-0.15, -0.1) is 0 Å². The van der Waals surface area contributed by atoms with Crippen molar-refractivity contribution in [3.05, 3.63) is 24.3 Å². The molecule has 0 aliphatic carbocycles. The molecule has 0 heterocycles. The molecule has 0 aliphatic heterocycles. The van der Waals surface area contributed by atoms with Gasteiger partial charge in [-0.1, -0.05) is 19.1 Å². The zero-order valence-corrected chi connectivity index (χ0v) is 10.6. The van der Waals surface area contributed by atoms with Gasteiger partial charge in [0.1, 0.15) is 5.75 Å². The fourth-order valence-corrected chi connectivity index (χ4v) is 1.33. The molecule has 0 saturated carbocycles. The zero-order chi connectivity index (χ0) is 12.7. The molecule has 0 unspecified atom stereocenters. The number of amides is 2. The number of hydrogen-bond donors (Lipinski definition) is 2. The van der Waals surface area contributed by atoms with E-state index in [0.717, 1.165) is 6.42 Å². The van der Waals surface area contributed by atoms with E-state index in [1.165, 1.54) is 0 Å². The number of ether oxygens (including phenoxy) is 1.